The number of methoxy groups -OCH3 is 1. The van der Waals surface area contributed by atoms with Gasteiger partial charge in [0.05, 0.1) is 27.3 Å². The Hall–Kier alpha value is -2.65. The van der Waals surface area contributed by atoms with E-state index in [1.54, 1.807) is 30.5 Å². The standard InChI is InChI=1S/C15H11N3O4S2/c1-22-11-7-10-8(6-9(11)15(16)19)12(4-5-17-10)23-14-3-2-13(24-14)18(20)21/h2-7H,1H3,(H2,16,19). The molecule has 2 heterocycles. The topological polar surface area (TPSA) is 108 Å². The Morgan fingerprint density at radius 3 is 2.79 bits per heavy atom. The highest BCUT2D eigenvalue weighted by atomic mass is 32.2. The third-order valence-corrected chi connectivity index (χ3v) is 5.49. The molecule has 3 rings (SSSR count). The molecule has 0 saturated heterocycles. The Kier molecular flexibility index (Phi) is 4.36. The minimum Gasteiger partial charge on any atom is -0.496 e. The molecule has 0 unspecified atom stereocenters. The number of thiophene rings is 1. The van der Waals surface area contributed by atoms with Gasteiger partial charge in [-0.25, -0.2) is 0 Å². The van der Waals surface area contributed by atoms with Gasteiger partial charge in [0.25, 0.3) is 5.91 Å². The number of hydrogen-bond donors (Lipinski definition) is 1. The summed E-state index contributed by atoms with van der Waals surface area (Å²) in [6.45, 7) is 0. The van der Waals surface area contributed by atoms with Crippen LogP contribution in [0.15, 0.2) is 45.6 Å². The third-order valence-electron chi connectivity index (χ3n) is 3.25. The zero-order valence-corrected chi connectivity index (χ0v) is 14.0. The van der Waals surface area contributed by atoms with E-state index >= 15 is 0 Å². The van der Waals surface area contributed by atoms with Crippen molar-refractivity contribution >= 4 is 44.9 Å². The minimum atomic E-state index is -0.597. The number of pyridine rings is 1. The molecule has 0 bridgehead atoms. The zero-order valence-electron chi connectivity index (χ0n) is 12.4. The zero-order chi connectivity index (χ0) is 17.3. The Balaban J connectivity index is 2.08. The van der Waals surface area contributed by atoms with Crippen LogP contribution in [0.5, 0.6) is 5.75 Å². The molecule has 7 nitrogen and oxygen atoms in total. The molecule has 0 aliphatic carbocycles. The molecule has 0 fully saturated rings. The van der Waals surface area contributed by atoms with E-state index in [9.17, 15) is 14.9 Å². The molecule has 9 heteroatoms. The van der Waals surface area contributed by atoms with Crippen LogP contribution in [0.4, 0.5) is 5.00 Å². The Morgan fingerprint density at radius 2 is 2.17 bits per heavy atom. The summed E-state index contributed by atoms with van der Waals surface area (Å²) >= 11 is 2.46. The Labute approximate surface area is 144 Å². The smallest absolute Gasteiger partial charge is 0.325 e. The number of amides is 1. The van der Waals surface area contributed by atoms with E-state index in [0.717, 1.165) is 25.8 Å². The maximum absolute atomic E-state index is 11.6. The molecule has 0 spiro atoms. The number of nitrogens with zero attached hydrogens (tertiary/aromatic N) is 2. The van der Waals surface area contributed by atoms with Crippen molar-refractivity contribution in [2.75, 3.05) is 7.11 Å². The summed E-state index contributed by atoms with van der Waals surface area (Å²) in [7, 11) is 1.46. The van der Waals surface area contributed by atoms with Gasteiger partial charge in [-0.3, -0.25) is 19.9 Å². The normalized spacial score (nSPS) is 10.7. The quantitative estimate of drug-likeness (QED) is 0.550. The van der Waals surface area contributed by atoms with E-state index in [2.05, 4.69) is 4.98 Å². The van der Waals surface area contributed by atoms with Crippen LogP contribution in [0.25, 0.3) is 10.9 Å². The van der Waals surface area contributed by atoms with Crippen molar-refractivity contribution in [3.63, 3.8) is 0 Å². The highest BCUT2D eigenvalue weighted by Gasteiger charge is 2.15. The number of benzene rings is 1. The summed E-state index contributed by atoms with van der Waals surface area (Å²) in [6.07, 6.45) is 1.63. The van der Waals surface area contributed by atoms with Crippen molar-refractivity contribution in [2.24, 2.45) is 5.73 Å². The molecular weight excluding hydrogens is 350 g/mol. The van der Waals surface area contributed by atoms with Crippen molar-refractivity contribution in [3.05, 3.63) is 52.2 Å². The van der Waals surface area contributed by atoms with E-state index in [1.807, 2.05) is 0 Å². The molecular formula is C15H11N3O4S2. The molecule has 3 aromatic rings. The van der Waals surface area contributed by atoms with Gasteiger partial charge in [0.2, 0.25) is 0 Å². The van der Waals surface area contributed by atoms with Crippen molar-refractivity contribution < 1.29 is 14.5 Å². The number of hydrogen-bond acceptors (Lipinski definition) is 7. The van der Waals surface area contributed by atoms with Gasteiger partial charge in [0.15, 0.2) is 0 Å². The first-order valence-corrected chi connectivity index (χ1v) is 8.31. The minimum absolute atomic E-state index is 0.0790. The molecule has 2 aromatic heterocycles. The average molecular weight is 361 g/mol. The van der Waals surface area contributed by atoms with Crippen LogP contribution in [0.2, 0.25) is 0 Å². The molecule has 122 valence electrons. The van der Waals surface area contributed by atoms with Crippen LogP contribution in [0, 0.1) is 10.1 Å². The number of primary amides is 1. The fraction of sp³-hybridized carbons (Fsp3) is 0.0667. The Morgan fingerprint density at radius 1 is 1.38 bits per heavy atom. The van der Waals surface area contributed by atoms with Gasteiger partial charge in [-0.15, -0.1) is 0 Å². The van der Waals surface area contributed by atoms with Gasteiger partial charge in [-0.05, 0) is 18.2 Å². The molecule has 1 amide bonds. The van der Waals surface area contributed by atoms with Gasteiger partial charge >= 0.3 is 5.00 Å². The van der Waals surface area contributed by atoms with Crippen molar-refractivity contribution in [1.29, 1.82) is 0 Å². The van der Waals surface area contributed by atoms with Crippen molar-refractivity contribution in [3.8, 4) is 5.75 Å². The summed E-state index contributed by atoms with van der Waals surface area (Å²) in [6, 6.07) is 8.23. The highest BCUT2D eigenvalue weighted by Crippen LogP contribution is 2.40. The van der Waals surface area contributed by atoms with E-state index in [-0.39, 0.29) is 10.6 Å². The maximum Gasteiger partial charge on any atom is 0.325 e. The van der Waals surface area contributed by atoms with Crippen molar-refractivity contribution in [1.82, 2.24) is 4.98 Å². The largest absolute Gasteiger partial charge is 0.496 e. The summed E-state index contributed by atoms with van der Waals surface area (Å²) in [4.78, 5) is 27.1. The van der Waals surface area contributed by atoms with Gasteiger partial charge in [-0.2, -0.15) is 0 Å². The van der Waals surface area contributed by atoms with Crippen LogP contribution in [-0.2, 0) is 0 Å². The van der Waals surface area contributed by atoms with Crippen molar-refractivity contribution in [2.45, 2.75) is 9.10 Å². The average Bonchev–Trinajstić information content (AvgIpc) is 3.02. The number of fused-ring (bicyclic) bond motifs is 1. The molecule has 2 N–H and O–H groups in total. The summed E-state index contributed by atoms with van der Waals surface area (Å²) in [5, 5.41) is 11.6. The summed E-state index contributed by atoms with van der Waals surface area (Å²) in [5.41, 5.74) is 6.31. The Bertz CT molecular complexity index is 955. The number of ether oxygens (including phenoxy) is 1. The lowest BCUT2D eigenvalue weighted by Crippen LogP contribution is -2.12. The van der Waals surface area contributed by atoms with E-state index < -0.39 is 10.8 Å². The second-order valence-electron chi connectivity index (χ2n) is 4.69. The third kappa shape index (κ3) is 3.03. The number of rotatable bonds is 5. The van der Waals surface area contributed by atoms with Gasteiger partial charge in [0, 0.05) is 28.6 Å². The maximum atomic E-state index is 11.6. The lowest BCUT2D eigenvalue weighted by Gasteiger charge is -2.09. The van der Waals surface area contributed by atoms with Gasteiger partial charge < -0.3 is 10.5 Å². The highest BCUT2D eigenvalue weighted by molar-refractivity contribution is 8.01. The second kappa shape index (κ2) is 6.46. The van der Waals surface area contributed by atoms with E-state index in [0.29, 0.717) is 11.3 Å². The van der Waals surface area contributed by atoms with Crippen LogP contribution >= 0.6 is 23.1 Å². The van der Waals surface area contributed by atoms with Crippen LogP contribution in [0.1, 0.15) is 10.4 Å². The molecule has 24 heavy (non-hydrogen) atoms. The number of nitro groups is 1. The van der Waals surface area contributed by atoms with Gasteiger partial charge in [0.1, 0.15) is 5.75 Å². The van der Waals surface area contributed by atoms with Gasteiger partial charge in [-0.1, -0.05) is 23.1 Å². The molecule has 0 aliphatic heterocycles. The number of aromatic nitrogens is 1. The monoisotopic (exact) mass is 361 g/mol. The van der Waals surface area contributed by atoms with Crippen LogP contribution in [-0.4, -0.2) is 22.9 Å². The molecule has 0 aliphatic rings. The molecule has 0 radical (unpaired) electrons. The molecule has 0 atom stereocenters. The first kappa shape index (κ1) is 16.2. The summed E-state index contributed by atoms with van der Waals surface area (Å²) in [5.74, 6) is -0.239. The predicted molar refractivity (Wildman–Crippen MR) is 91.9 cm³/mol. The lowest BCUT2D eigenvalue weighted by atomic mass is 10.1. The number of nitrogens with two attached hydrogens (primary N) is 1. The fourth-order valence-corrected chi connectivity index (χ4v) is 4.17. The van der Waals surface area contributed by atoms with Crippen LogP contribution in [0.3, 0.4) is 0 Å². The predicted octanol–water partition coefficient (Wildman–Crippen LogP) is 3.46. The lowest BCUT2D eigenvalue weighted by molar-refractivity contribution is -0.380. The second-order valence-corrected chi connectivity index (χ2v) is 7.10. The first-order chi connectivity index (χ1) is 11.5. The van der Waals surface area contributed by atoms with Crippen LogP contribution < -0.4 is 10.5 Å². The number of carbonyl (C=O) groups excluding carboxylic acids is 1. The number of carbonyl (C=O) groups is 1. The fourth-order valence-electron chi connectivity index (χ4n) is 2.17. The molecule has 1 aromatic carbocycles. The first-order valence-electron chi connectivity index (χ1n) is 6.68. The summed E-state index contributed by atoms with van der Waals surface area (Å²) < 4.78 is 5.95. The SMILES string of the molecule is COc1cc2nccc(Sc3ccc([N+](=O)[O-])s3)c2cc1C(N)=O. The molecule has 0 saturated carbocycles. The van der Waals surface area contributed by atoms with E-state index in [4.69, 9.17) is 10.5 Å². The van der Waals surface area contributed by atoms with E-state index in [1.165, 1.54) is 24.9 Å².